The molecule has 1 saturated heterocycles. The first-order chi connectivity index (χ1) is 7.70. The maximum atomic E-state index is 5.44. The average Bonchev–Trinajstić information content (AvgIpc) is 2.87. The molecule has 0 bridgehead atoms. The molecule has 5 heteroatoms. The molecule has 0 radical (unpaired) electrons. The van der Waals surface area contributed by atoms with Gasteiger partial charge in [-0.2, -0.15) is 4.98 Å². The highest BCUT2D eigenvalue weighted by molar-refractivity contribution is 4.90. The Morgan fingerprint density at radius 2 is 2.38 bits per heavy atom. The predicted molar refractivity (Wildman–Crippen MR) is 60.5 cm³/mol. The Hall–Kier alpha value is -0.940. The summed E-state index contributed by atoms with van der Waals surface area (Å²) in [6.07, 6.45) is 2.55. The van der Waals surface area contributed by atoms with Crippen molar-refractivity contribution in [3.05, 3.63) is 11.7 Å². The van der Waals surface area contributed by atoms with E-state index in [1.165, 1.54) is 12.8 Å². The van der Waals surface area contributed by atoms with Crippen LogP contribution in [-0.4, -0.2) is 27.6 Å². The lowest BCUT2D eigenvalue weighted by atomic mass is 10.0. The van der Waals surface area contributed by atoms with Gasteiger partial charge in [0.15, 0.2) is 5.82 Å². The Bertz CT molecular complexity index is 336. The molecule has 2 rings (SSSR count). The van der Waals surface area contributed by atoms with Gasteiger partial charge in [-0.25, -0.2) is 0 Å². The fourth-order valence-corrected chi connectivity index (χ4v) is 2.42. The topological polar surface area (TPSA) is 68.2 Å². The summed E-state index contributed by atoms with van der Waals surface area (Å²) in [7, 11) is 0. The van der Waals surface area contributed by atoms with Gasteiger partial charge in [0, 0.05) is 6.04 Å². The zero-order chi connectivity index (χ0) is 11.5. The van der Waals surface area contributed by atoms with Crippen LogP contribution < -0.4 is 5.73 Å². The van der Waals surface area contributed by atoms with Gasteiger partial charge < -0.3 is 10.3 Å². The fourth-order valence-electron chi connectivity index (χ4n) is 2.42. The largest absolute Gasteiger partial charge is 0.338 e. The van der Waals surface area contributed by atoms with Crippen molar-refractivity contribution in [2.45, 2.75) is 45.8 Å². The van der Waals surface area contributed by atoms with Crippen molar-refractivity contribution in [1.82, 2.24) is 15.0 Å². The van der Waals surface area contributed by atoms with Gasteiger partial charge in [0.05, 0.1) is 13.1 Å². The number of likely N-dealkylation sites (tertiary alicyclic amines) is 1. The molecule has 0 aliphatic carbocycles. The minimum atomic E-state index is 0.320. The van der Waals surface area contributed by atoms with Gasteiger partial charge in [0.2, 0.25) is 5.89 Å². The zero-order valence-electron chi connectivity index (χ0n) is 10.0. The first kappa shape index (κ1) is 11.5. The van der Waals surface area contributed by atoms with Crippen molar-refractivity contribution in [2.75, 3.05) is 6.54 Å². The van der Waals surface area contributed by atoms with Crippen molar-refractivity contribution in [2.24, 2.45) is 11.7 Å². The molecule has 1 aromatic rings. The third-order valence-corrected chi connectivity index (χ3v) is 3.21. The average molecular weight is 224 g/mol. The van der Waals surface area contributed by atoms with Crippen LogP contribution in [0.25, 0.3) is 0 Å². The highest BCUT2D eigenvalue weighted by Crippen LogP contribution is 2.24. The molecule has 5 nitrogen and oxygen atoms in total. The van der Waals surface area contributed by atoms with Crippen LogP contribution in [0.4, 0.5) is 0 Å². The summed E-state index contributed by atoms with van der Waals surface area (Å²) in [5.74, 6) is 1.96. The lowest BCUT2D eigenvalue weighted by Gasteiger charge is -2.26. The van der Waals surface area contributed by atoms with E-state index in [1.54, 1.807) is 0 Å². The van der Waals surface area contributed by atoms with Crippen LogP contribution in [0.3, 0.4) is 0 Å². The molecule has 0 saturated carbocycles. The van der Waals surface area contributed by atoms with Crippen LogP contribution in [0, 0.1) is 5.92 Å². The highest BCUT2D eigenvalue weighted by Gasteiger charge is 2.27. The summed E-state index contributed by atoms with van der Waals surface area (Å²) in [4.78, 5) is 6.68. The Balaban J connectivity index is 1.98. The second kappa shape index (κ2) is 4.93. The van der Waals surface area contributed by atoms with Crippen LogP contribution in [-0.2, 0) is 13.1 Å². The van der Waals surface area contributed by atoms with Crippen LogP contribution in [0.15, 0.2) is 4.52 Å². The van der Waals surface area contributed by atoms with Crippen LogP contribution in [0.5, 0.6) is 0 Å². The molecule has 1 fully saturated rings. The van der Waals surface area contributed by atoms with Gasteiger partial charge >= 0.3 is 0 Å². The van der Waals surface area contributed by atoms with Crippen molar-refractivity contribution in [3.8, 4) is 0 Å². The molecule has 1 aliphatic heterocycles. The number of hydrogen-bond donors (Lipinski definition) is 1. The lowest BCUT2D eigenvalue weighted by molar-refractivity contribution is 0.192. The van der Waals surface area contributed by atoms with E-state index in [1.807, 2.05) is 0 Å². The third kappa shape index (κ3) is 2.41. The quantitative estimate of drug-likeness (QED) is 0.831. The van der Waals surface area contributed by atoms with Crippen LogP contribution >= 0.6 is 0 Å². The number of aromatic nitrogens is 2. The summed E-state index contributed by atoms with van der Waals surface area (Å²) >= 11 is 0. The molecule has 2 heterocycles. The normalized spacial score (nSPS) is 22.1. The monoisotopic (exact) mass is 224 g/mol. The minimum absolute atomic E-state index is 0.320. The summed E-state index contributed by atoms with van der Waals surface area (Å²) < 4.78 is 5.01. The van der Waals surface area contributed by atoms with Gasteiger partial charge in [-0.1, -0.05) is 19.0 Å². The molecule has 90 valence electrons. The molecule has 0 spiro atoms. The lowest BCUT2D eigenvalue weighted by Crippen LogP contribution is -2.33. The molecular weight excluding hydrogens is 204 g/mol. The van der Waals surface area contributed by atoms with E-state index >= 15 is 0 Å². The Kier molecular flexibility index (Phi) is 3.56. The van der Waals surface area contributed by atoms with Crippen molar-refractivity contribution < 1.29 is 4.52 Å². The Morgan fingerprint density at radius 1 is 1.56 bits per heavy atom. The zero-order valence-corrected chi connectivity index (χ0v) is 10.0. The Labute approximate surface area is 96.0 Å². The molecule has 1 aromatic heterocycles. The van der Waals surface area contributed by atoms with E-state index in [0.717, 1.165) is 18.9 Å². The van der Waals surface area contributed by atoms with E-state index < -0.39 is 0 Å². The van der Waals surface area contributed by atoms with Gasteiger partial charge in [-0.15, -0.1) is 0 Å². The third-order valence-electron chi connectivity index (χ3n) is 3.21. The molecule has 0 amide bonds. The standard InChI is InChI=1S/C11H20N4O/c1-8(2)9-4-3-5-15(9)7-10-13-11(6-12)16-14-10/h8-9H,3-7,12H2,1-2H3. The second-order valence-corrected chi connectivity index (χ2v) is 4.73. The summed E-state index contributed by atoms with van der Waals surface area (Å²) in [6, 6.07) is 0.653. The van der Waals surface area contributed by atoms with Gasteiger partial charge in [-0.3, -0.25) is 4.90 Å². The predicted octanol–water partition coefficient (Wildman–Crippen LogP) is 1.15. The number of rotatable bonds is 4. The molecular formula is C11H20N4O. The van der Waals surface area contributed by atoms with Gasteiger partial charge in [-0.05, 0) is 25.3 Å². The van der Waals surface area contributed by atoms with E-state index in [-0.39, 0.29) is 0 Å². The highest BCUT2D eigenvalue weighted by atomic mass is 16.5. The van der Waals surface area contributed by atoms with E-state index in [9.17, 15) is 0 Å². The first-order valence-electron chi connectivity index (χ1n) is 5.96. The van der Waals surface area contributed by atoms with Gasteiger partial charge in [0.25, 0.3) is 0 Å². The summed E-state index contributed by atoms with van der Waals surface area (Å²) in [5, 5.41) is 3.94. The number of nitrogens with zero attached hydrogens (tertiary/aromatic N) is 3. The van der Waals surface area contributed by atoms with E-state index in [4.69, 9.17) is 10.3 Å². The summed E-state index contributed by atoms with van der Waals surface area (Å²) in [6.45, 7) is 6.78. The maximum absolute atomic E-state index is 5.44. The summed E-state index contributed by atoms with van der Waals surface area (Å²) in [5.41, 5.74) is 5.44. The maximum Gasteiger partial charge on any atom is 0.240 e. The van der Waals surface area contributed by atoms with Gasteiger partial charge in [0.1, 0.15) is 0 Å². The number of hydrogen-bond acceptors (Lipinski definition) is 5. The molecule has 16 heavy (non-hydrogen) atoms. The van der Waals surface area contributed by atoms with Crippen LogP contribution in [0.2, 0.25) is 0 Å². The fraction of sp³-hybridized carbons (Fsp3) is 0.818. The smallest absolute Gasteiger partial charge is 0.240 e. The molecule has 2 N–H and O–H groups in total. The first-order valence-corrected chi connectivity index (χ1v) is 5.96. The van der Waals surface area contributed by atoms with Crippen molar-refractivity contribution in [3.63, 3.8) is 0 Å². The van der Waals surface area contributed by atoms with Crippen molar-refractivity contribution in [1.29, 1.82) is 0 Å². The molecule has 0 aromatic carbocycles. The van der Waals surface area contributed by atoms with Crippen LogP contribution in [0.1, 0.15) is 38.4 Å². The molecule has 1 aliphatic rings. The van der Waals surface area contributed by atoms with E-state index in [2.05, 4.69) is 28.9 Å². The Morgan fingerprint density at radius 3 is 3.00 bits per heavy atom. The second-order valence-electron chi connectivity index (χ2n) is 4.73. The van der Waals surface area contributed by atoms with E-state index in [0.29, 0.717) is 24.4 Å². The van der Waals surface area contributed by atoms with Crippen molar-refractivity contribution >= 4 is 0 Å². The molecule has 1 atom stereocenters. The SMILES string of the molecule is CC(C)C1CCCN1Cc1noc(CN)n1. The minimum Gasteiger partial charge on any atom is -0.338 e. The number of nitrogens with two attached hydrogens (primary N) is 1. The molecule has 1 unspecified atom stereocenters.